The molecule has 2 aromatic rings. The van der Waals surface area contributed by atoms with Gasteiger partial charge in [0.1, 0.15) is 0 Å². The number of nitro groups is 1. The molecule has 0 amide bonds. The molecule has 0 unspecified atom stereocenters. The van der Waals surface area contributed by atoms with Crippen LogP contribution in [0.4, 0.5) is 13.2 Å². The van der Waals surface area contributed by atoms with Crippen LogP contribution in [0.5, 0.6) is 0 Å². The summed E-state index contributed by atoms with van der Waals surface area (Å²) in [5, 5.41) is 11.2. The molecular formula is C17H13ClF3NO3. The highest BCUT2D eigenvalue weighted by atomic mass is 35.5. The molecule has 0 heterocycles. The fourth-order valence-electron chi connectivity index (χ4n) is 2.59. The summed E-state index contributed by atoms with van der Waals surface area (Å²) >= 11 is 5.70. The number of ketones is 1. The minimum atomic E-state index is -5.00. The first-order chi connectivity index (χ1) is 11.7. The molecule has 0 aliphatic heterocycles. The Morgan fingerprint density at radius 3 is 2.08 bits per heavy atom. The molecule has 0 aromatic heterocycles. The average molecular weight is 372 g/mol. The number of carbonyl (C=O) groups excluding carboxylic acids is 1. The SMILES string of the molecule is O=C(C[C@](C[N+](=O)[O-])(c1ccc(Cl)cc1)C(F)(F)F)c1ccccc1. The van der Waals surface area contributed by atoms with E-state index in [4.69, 9.17) is 11.6 Å². The zero-order valence-corrected chi connectivity index (χ0v) is 13.6. The lowest BCUT2D eigenvalue weighted by molar-refractivity contribution is -0.501. The first-order valence-corrected chi connectivity index (χ1v) is 7.56. The molecule has 0 aliphatic rings. The smallest absolute Gasteiger partial charge is 0.294 e. The maximum absolute atomic E-state index is 13.9. The van der Waals surface area contributed by atoms with Gasteiger partial charge in [0, 0.05) is 21.9 Å². The van der Waals surface area contributed by atoms with Gasteiger partial charge in [0.25, 0.3) is 0 Å². The molecule has 0 bridgehead atoms. The number of alkyl halides is 3. The molecule has 2 rings (SSSR count). The van der Waals surface area contributed by atoms with Crippen molar-refractivity contribution in [1.82, 2.24) is 0 Å². The highest BCUT2D eigenvalue weighted by molar-refractivity contribution is 6.30. The normalized spacial score (nSPS) is 13.9. The van der Waals surface area contributed by atoms with E-state index in [0.29, 0.717) is 0 Å². The molecular weight excluding hydrogens is 359 g/mol. The predicted molar refractivity (Wildman–Crippen MR) is 86.4 cm³/mol. The third kappa shape index (κ3) is 4.17. The Morgan fingerprint density at radius 1 is 1.04 bits per heavy atom. The molecule has 0 saturated carbocycles. The number of hydrogen-bond acceptors (Lipinski definition) is 3. The number of Topliss-reactive ketones (excluding diaryl/α,β-unsaturated/α-hetero) is 1. The Kier molecular flexibility index (Phi) is 5.47. The van der Waals surface area contributed by atoms with Crippen LogP contribution in [0.1, 0.15) is 22.3 Å². The zero-order chi connectivity index (χ0) is 18.7. The first-order valence-electron chi connectivity index (χ1n) is 7.18. The van der Waals surface area contributed by atoms with Gasteiger partial charge in [0.2, 0.25) is 6.54 Å². The summed E-state index contributed by atoms with van der Waals surface area (Å²) in [6, 6.07) is 11.9. The summed E-state index contributed by atoms with van der Waals surface area (Å²) in [6.45, 7) is -1.45. The van der Waals surface area contributed by atoms with E-state index >= 15 is 0 Å². The Hall–Kier alpha value is -2.41. The van der Waals surface area contributed by atoms with Crippen LogP contribution in [-0.4, -0.2) is 23.4 Å². The molecule has 0 spiro atoms. The number of nitrogens with zero attached hydrogens (tertiary/aromatic N) is 1. The highest BCUT2D eigenvalue weighted by Crippen LogP contribution is 2.45. The second-order valence-corrected chi connectivity index (χ2v) is 5.98. The van der Waals surface area contributed by atoms with Gasteiger partial charge in [-0.3, -0.25) is 14.9 Å². The predicted octanol–water partition coefficient (Wildman–Crippen LogP) is 4.69. The van der Waals surface area contributed by atoms with Crippen molar-refractivity contribution in [3.05, 3.63) is 80.9 Å². The fourth-order valence-corrected chi connectivity index (χ4v) is 2.72. The molecule has 0 aliphatic carbocycles. The lowest BCUT2D eigenvalue weighted by Crippen LogP contribution is -2.49. The molecule has 2 aromatic carbocycles. The largest absolute Gasteiger partial charge is 0.405 e. The van der Waals surface area contributed by atoms with Crippen LogP contribution in [0.15, 0.2) is 54.6 Å². The van der Waals surface area contributed by atoms with Crippen molar-refractivity contribution in [3.63, 3.8) is 0 Å². The number of benzene rings is 2. The van der Waals surface area contributed by atoms with Crippen molar-refractivity contribution in [2.45, 2.75) is 18.0 Å². The summed E-state index contributed by atoms with van der Waals surface area (Å²) in [7, 11) is 0. The van der Waals surface area contributed by atoms with Gasteiger partial charge in [-0.05, 0) is 17.7 Å². The standard InChI is InChI=1S/C17H13ClF3NO3/c18-14-8-6-13(7-9-14)16(11-22(24)25,17(19,20)21)10-15(23)12-4-2-1-3-5-12/h1-9H,10-11H2/t16-/m0/s1. The summed E-state index contributed by atoms with van der Waals surface area (Å²) < 4.78 is 41.7. The van der Waals surface area contributed by atoms with Crippen molar-refractivity contribution in [1.29, 1.82) is 0 Å². The molecule has 4 nitrogen and oxygen atoms in total. The second kappa shape index (κ2) is 7.23. The lowest BCUT2D eigenvalue weighted by atomic mass is 9.74. The van der Waals surface area contributed by atoms with Crippen LogP contribution < -0.4 is 0 Å². The van der Waals surface area contributed by atoms with E-state index in [9.17, 15) is 28.1 Å². The first kappa shape index (κ1) is 18.9. The third-order valence-corrected chi connectivity index (χ3v) is 4.15. The Labute approximate surface area is 146 Å². The summed E-state index contributed by atoms with van der Waals surface area (Å²) in [5.74, 6) is -0.824. The van der Waals surface area contributed by atoms with Crippen molar-refractivity contribution in [2.24, 2.45) is 0 Å². The second-order valence-electron chi connectivity index (χ2n) is 5.54. The molecule has 0 saturated heterocycles. The highest BCUT2D eigenvalue weighted by Gasteiger charge is 2.60. The lowest BCUT2D eigenvalue weighted by Gasteiger charge is -2.32. The third-order valence-electron chi connectivity index (χ3n) is 3.90. The van der Waals surface area contributed by atoms with E-state index in [0.717, 1.165) is 12.1 Å². The van der Waals surface area contributed by atoms with Gasteiger partial charge in [0.05, 0.1) is 0 Å². The van der Waals surface area contributed by atoms with E-state index < -0.39 is 35.3 Å². The Morgan fingerprint density at radius 2 is 1.60 bits per heavy atom. The van der Waals surface area contributed by atoms with Gasteiger partial charge < -0.3 is 0 Å². The molecule has 0 radical (unpaired) electrons. The van der Waals surface area contributed by atoms with Crippen molar-refractivity contribution in [3.8, 4) is 0 Å². The zero-order valence-electron chi connectivity index (χ0n) is 12.8. The van der Waals surface area contributed by atoms with Crippen LogP contribution in [0, 0.1) is 10.1 Å². The van der Waals surface area contributed by atoms with Crippen molar-refractivity contribution in [2.75, 3.05) is 6.54 Å². The van der Waals surface area contributed by atoms with E-state index in [1.54, 1.807) is 6.07 Å². The average Bonchev–Trinajstić information content (AvgIpc) is 2.54. The molecule has 132 valence electrons. The molecule has 0 N–H and O–H groups in total. The van der Waals surface area contributed by atoms with Gasteiger partial charge in [-0.15, -0.1) is 0 Å². The van der Waals surface area contributed by atoms with Gasteiger partial charge in [-0.25, -0.2) is 0 Å². The van der Waals surface area contributed by atoms with E-state index in [2.05, 4.69) is 0 Å². The van der Waals surface area contributed by atoms with Crippen LogP contribution in [0.25, 0.3) is 0 Å². The van der Waals surface area contributed by atoms with Crippen molar-refractivity contribution >= 4 is 17.4 Å². The van der Waals surface area contributed by atoms with E-state index in [1.807, 2.05) is 0 Å². The van der Waals surface area contributed by atoms with Crippen LogP contribution in [-0.2, 0) is 5.41 Å². The quantitative estimate of drug-likeness (QED) is 0.420. The topological polar surface area (TPSA) is 60.2 Å². The van der Waals surface area contributed by atoms with Gasteiger partial charge in [-0.2, -0.15) is 13.2 Å². The maximum Gasteiger partial charge on any atom is 0.405 e. The van der Waals surface area contributed by atoms with E-state index in [1.165, 1.54) is 36.4 Å². The molecule has 25 heavy (non-hydrogen) atoms. The summed E-state index contributed by atoms with van der Waals surface area (Å²) in [4.78, 5) is 22.3. The van der Waals surface area contributed by atoms with Crippen molar-refractivity contribution < 1.29 is 22.9 Å². The van der Waals surface area contributed by atoms with Gasteiger partial charge in [0.15, 0.2) is 11.2 Å². The molecule has 0 fully saturated rings. The number of hydrogen-bond donors (Lipinski definition) is 0. The maximum atomic E-state index is 13.9. The van der Waals surface area contributed by atoms with Gasteiger partial charge >= 0.3 is 6.18 Å². The van der Waals surface area contributed by atoms with E-state index in [-0.39, 0.29) is 16.1 Å². The molecule has 8 heteroatoms. The molecule has 1 atom stereocenters. The Balaban J connectivity index is 2.55. The summed E-state index contributed by atoms with van der Waals surface area (Å²) in [6.07, 6.45) is -6.07. The Bertz CT molecular complexity index is 763. The van der Waals surface area contributed by atoms with Crippen LogP contribution >= 0.6 is 11.6 Å². The minimum Gasteiger partial charge on any atom is -0.294 e. The summed E-state index contributed by atoms with van der Waals surface area (Å²) in [5.41, 5.74) is -3.24. The van der Waals surface area contributed by atoms with Crippen LogP contribution in [0.2, 0.25) is 5.02 Å². The van der Waals surface area contributed by atoms with Gasteiger partial charge in [-0.1, -0.05) is 54.1 Å². The number of carbonyl (C=O) groups is 1. The fraction of sp³-hybridized carbons (Fsp3) is 0.235. The number of rotatable bonds is 6. The number of halogens is 4. The monoisotopic (exact) mass is 371 g/mol. The van der Waals surface area contributed by atoms with Crippen LogP contribution in [0.3, 0.4) is 0 Å². The minimum absolute atomic E-state index is 0.0634.